The molecule has 2 aromatic carbocycles. The molecule has 0 heterocycles. The van der Waals surface area contributed by atoms with Crippen LogP contribution in [0.3, 0.4) is 0 Å². The quantitative estimate of drug-likeness (QED) is 0.717. The van der Waals surface area contributed by atoms with Crippen LogP contribution in [-0.4, -0.2) is 6.04 Å². The van der Waals surface area contributed by atoms with Gasteiger partial charge in [-0.3, -0.25) is 0 Å². The van der Waals surface area contributed by atoms with Crippen molar-refractivity contribution in [1.82, 2.24) is 0 Å². The van der Waals surface area contributed by atoms with Crippen molar-refractivity contribution in [3.05, 3.63) is 64.1 Å². The maximum absolute atomic E-state index is 6.06. The summed E-state index contributed by atoms with van der Waals surface area (Å²) in [7, 11) is 0. The summed E-state index contributed by atoms with van der Waals surface area (Å²) < 4.78 is 0. The Labute approximate surface area is 136 Å². The van der Waals surface area contributed by atoms with E-state index >= 15 is 0 Å². The first-order valence-corrected chi connectivity index (χ1v) is 8.24. The summed E-state index contributed by atoms with van der Waals surface area (Å²) in [6.45, 7) is 0. The van der Waals surface area contributed by atoms with E-state index in [4.69, 9.17) is 23.2 Å². The lowest BCUT2D eigenvalue weighted by atomic mass is 9.82. The van der Waals surface area contributed by atoms with E-state index in [0.29, 0.717) is 22.0 Å². The summed E-state index contributed by atoms with van der Waals surface area (Å²) >= 11 is 12.0. The number of halogens is 2. The fourth-order valence-electron chi connectivity index (χ4n) is 3.12. The molecule has 1 aliphatic rings. The fraction of sp³-hybridized carbons (Fsp3) is 0.333. The van der Waals surface area contributed by atoms with Crippen LogP contribution in [0.25, 0.3) is 0 Å². The van der Waals surface area contributed by atoms with E-state index in [-0.39, 0.29) is 0 Å². The van der Waals surface area contributed by atoms with Gasteiger partial charge in [-0.25, -0.2) is 0 Å². The van der Waals surface area contributed by atoms with Crippen molar-refractivity contribution in [2.45, 2.75) is 37.6 Å². The van der Waals surface area contributed by atoms with Gasteiger partial charge in [-0.15, -0.1) is 0 Å². The molecule has 1 aliphatic carbocycles. The zero-order chi connectivity index (χ0) is 14.7. The molecule has 1 N–H and O–H groups in total. The number of rotatable bonds is 3. The Balaban J connectivity index is 1.57. The Hall–Kier alpha value is -1.18. The second kappa shape index (κ2) is 6.72. The predicted octanol–water partition coefficient (Wildman–Crippen LogP) is 6.13. The first-order valence-electron chi connectivity index (χ1n) is 7.49. The molecule has 1 saturated carbocycles. The lowest BCUT2D eigenvalue weighted by molar-refractivity contribution is 0.412. The van der Waals surface area contributed by atoms with Crippen LogP contribution >= 0.6 is 23.2 Å². The van der Waals surface area contributed by atoms with Gasteiger partial charge >= 0.3 is 0 Å². The van der Waals surface area contributed by atoms with E-state index in [2.05, 4.69) is 35.6 Å². The van der Waals surface area contributed by atoms with Gasteiger partial charge < -0.3 is 5.32 Å². The highest BCUT2D eigenvalue weighted by Crippen LogP contribution is 2.34. The number of hydrogen-bond acceptors (Lipinski definition) is 1. The van der Waals surface area contributed by atoms with Gasteiger partial charge in [0.25, 0.3) is 0 Å². The maximum Gasteiger partial charge on any atom is 0.0612 e. The minimum absolute atomic E-state index is 0.530. The molecule has 0 bridgehead atoms. The van der Waals surface area contributed by atoms with Gasteiger partial charge in [0.15, 0.2) is 0 Å². The number of hydrogen-bond donors (Lipinski definition) is 1. The van der Waals surface area contributed by atoms with E-state index < -0.39 is 0 Å². The van der Waals surface area contributed by atoms with E-state index in [1.807, 2.05) is 18.2 Å². The van der Waals surface area contributed by atoms with Crippen LogP contribution in [0.5, 0.6) is 0 Å². The molecular weight excluding hydrogens is 301 g/mol. The van der Waals surface area contributed by atoms with E-state index in [9.17, 15) is 0 Å². The van der Waals surface area contributed by atoms with Crippen molar-refractivity contribution in [2.24, 2.45) is 0 Å². The first-order chi connectivity index (χ1) is 10.2. The summed E-state index contributed by atoms with van der Waals surface area (Å²) in [5, 5.41) is 4.80. The molecule has 0 aromatic heterocycles. The molecule has 0 atom stereocenters. The fourth-order valence-corrected chi connectivity index (χ4v) is 3.42. The highest BCUT2D eigenvalue weighted by atomic mass is 35.5. The van der Waals surface area contributed by atoms with Crippen LogP contribution in [0.1, 0.15) is 37.2 Å². The molecule has 3 heteroatoms. The first kappa shape index (κ1) is 14.7. The third kappa shape index (κ3) is 3.72. The molecular formula is C18H19Cl2N. The summed E-state index contributed by atoms with van der Waals surface area (Å²) in [4.78, 5) is 0. The van der Waals surface area contributed by atoms with Gasteiger partial charge in [-0.1, -0.05) is 53.5 Å². The monoisotopic (exact) mass is 319 g/mol. The van der Waals surface area contributed by atoms with Crippen molar-refractivity contribution < 1.29 is 0 Å². The number of nitrogens with one attached hydrogen (secondary N) is 1. The molecule has 0 amide bonds. The number of benzene rings is 2. The molecule has 0 unspecified atom stereocenters. The van der Waals surface area contributed by atoms with Crippen LogP contribution in [0.2, 0.25) is 10.0 Å². The van der Waals surface area contributed by atoms with Crippen LogP contribution in [0.15, 0.2) is 48.5 Å². The van der Waals surface area contributed by atoms with Gasteiger partial charge in [0.1, 0.15) is 0 Å². The molecule has 0 spiro atoms. The third-order valence-electron chi connectivity index (χ3n) is 4.29. The molecule has 3 rings (SSSR count). The van der Waals surface area contributed by atoms with Crippen molar-refractivity contribution in [3.8, 4) is 0 Å². The standard InChI is InChI=1S/C18H19Cl2N/c19-17-11-10-16(12-18(17)20)21-15-8-6-14(7-9-15)13-4-2-1-3-5-13/h1-5,10-12,14-15,21H,6-9H2. The maximum atomic E-state index is 6.06. The molecule has 0 aliphatic heterocycles. The van der Waals surface area contributed by atoms with Crippen molar-refractivity contribution in [1.29, 1.82) is 0 Å². The predicted molar refractivity (Wildman–Crippen MR) is 91.5 cm³/mol. The van der Waals surface area contributed by atoms with Crippen LogP contribution in [-0.2, 0) is 0 Å². The molecule has 21 heavy (non-hydrogen) atoms. The lowest BCUT2D eigenvalue weighted by Crippen LogP contribution is -2.25. The Morgan fingerprint density at radius 1 is 0.810 bits per heavy atom. The van der Waals surface area contributed by atoms with Crippen LogP contribution in [0.4, 0.5) is 5.69 Å². The summed E-state index contributed by atoms with van der Waals surface area (Å²) in [5.74, 6) is 0.707. The topological polar surface area (TPSA) is 12.0 Å². The Morgan fingerprint density at radius 3 is 2.19 bits per heavy atom. The molecule has 0 radical (unpaired) electrons. The van der Waals surface area contributed by atoms with Crippen molar-refractivity contribution >= 4 is 28.9 Å². The highest BCUT2D eigenvalue weighted by molar-refractivity contribution is 6.42. The highest BCUT2D eigenvalue weighted by Gasteiger charge is 2.22. The third-order valence-corrected chi connectivity index (χ3v) is 5.03. The van der Waals surface area contributed by atoms with Gasteiger partial charge in [-0.05, 0) is 55.4 Å². The van der Waals surface area contributed by atoms with Crippen molar-refractivity contribution in [2.75, 3.05) is 5.32 Å². The SMILES string of the molecule is Clc1ccc(NC2CCC(c3ccccc3)CC2)cc1Cl. The average Bonchev–Trinajstić information content (AvgIpc) is 2.53. The smallest absolute Gasteiger partial charge is 0.0612 e. The summed E-state index contributed by atoms with van der Waals surface area (Å²) in [6, 6.07) is 17.1. The Kier molecular flexibility index (Phi) is 4.72. The van der Waals surface area contributed by atoms with E-state index in [1.165, 1.54) is 31.2 Å². The van der Waals surface area contributed by atoms with Gasteiger partial charge in [-0.2, -0.15) is 0 Å². The van der Waals surface area contributed by atoms with Gasteiger partial charge in [0, 0.05) is 11.7 Å². The minimum Gasteiger partial charge on any atom is -0.382 e. The Bertz CT molecular complexity index is 589. The molecule has 2 aromatic rings. The largest absolute Gasteiger partial charge is 0.382 e. The lowest BCUT2D eigenvalue weighted by Gasteiger charge is -2.30. The van der Waals surface area contributed by atoms with Gasteiger partial charge in [0.2, 0.25) is 0 Å². The van der Waals surface area contributed by atoms with Gasteiger partial charge in [0.05, 0.1) is 10.0 Å². The second-order valence-electron chi connectivity index (χ2n) is 5.73. The average molecular weight is 320 g/mol. The Morgan fingerprint density at radius 2 is 1.52 bits per heavy atom. The zero-order valence-electron chi connectivity index (χ0n) is 11.9. The zero-order valence-corrected chi connectivity index (χ0v) is 13.4. The minimum atomic E-state index is 0.530. The van der Waals surface area contributed by atoms with Crippen LogP contribution < -0.4 is 5.32 Å². The second-order valence-corrected chi connectivity index (χ2v) is 6.55. The molecule has 1 nitrogen and oxygen atoms in total. The molecule has 0 saturated heterocycles. The van der Waals surface area contributed by atoms with E-state index in [1.54, 1.807) is 0 Å². The normalized spacial score (nSPS) is 22.0. The molecule has 1 fully saturated rings. The molecule has 110 valence electrons. The van der Waals surface area contributed by atoms with E-state index in [0.717, 1.165) is 5.69 Å². The number of anilines is 1. The van der Waals surface area contributed by atoms with Crippen molar-refractivity contribution in [3.63, 3.8) is 0 Å². The summed E-state index contributed by atoms with van der Waals surface area (Å²) in [6.07, 6.45) is 4.87. The summed E-state index contributed by atoms with van der Waals surface area (Å²) in [5.41, 5.74) is 2.54. The van der Waals surface area contributed by atoms with Crippen LogP contribution in [0, 0.1) is 0 Å².